The van der Waals surface area contributed by atoms with Crippen molar-refractivity contribution in [1.82, 2.24) is 0 Å². The summed E-state index contributed by atoms with van der Waals surface area (Å²) in [6.07, 6.45) is 5.72. The van der Waals surface area contributed by atoms with E-state index in [0.717, 1.165) is 34.4 Å². The largest absolute Gasteiger partial charge is 0.486 e. The molecule has 0 atom stereocenters. The van der Waals surface area contributed by atoms with E-state index >= 15 is 0 Å². The molecule has 4 heteroatoms. The van der Waals surface area contributed by atoms with Gasteiger partial charge in [-0.3, -0.25) is 0 Å². The molecule has 2 aliphatic rings. The summed E-state index contributed by atoms with van der Waals surface area (Å²) in [6, 6.07) is 2.00. The van der Waals surface area contributed by atoms with Gasteiger partial charge in [-0.25, -0.2) is 0 Å². The van der Waals surface area contributed by atoms with Crippen LogP contribution < -0.4 is 15.2 Å². The molecule has 1 aromatic rings. The van der Waals surface area contributed by atoms with Gasteiger partial charge in [0, 0.05) is 15.6 Å². The van der Waals surface area contributed by atoms with Crippen molar-refractivity contribution in [1.29, 1.82) is 0 Å². The lowest BCUT2D eigenvalue weighted by atomic mass is 9.75. The molecule has 0 radical (unpaired) electrons. The summed E-state index contributed by atoms with van der Waals surface area (Å²) in [6.45, 7) is 3.33. The fraction of sp³-hybridized carbons (Fsp3) is 0.600. The summed E-state index contributed by atoms with van der Waals surface area (Å²) < 4.78 is 12.7. The Bertz CT molecular complexity index is 495. The maximum Gasteiger partial charge on any atom is 0.166 e. The predicted octanol–water partition coefficient (Wildman–Crippen LogP) is 3.65. The van der Waals surface area contributed by atoms with E-state index in [1.54, 1.807) is 0 Å². The van der Waals surface area contributed by atoms with Gasteiger partial charge in [0.2, 0.25) is 0 Å². The van der Waals surface area contributed by atoms with Crippen LogP contribution >= 0.6 is 15.9 Å². The van der Waals surface area contributed by atoms with E-state index in [9.17, 15) is 0 Å². The Labute approximate surface area is 122 Å². The van der Waals surface area contributed by atoms with Crippen molar-refractivity contribution in [2.45, 2.75) is 44.6 Å². The van der Waals surface area contributed by atoms with Gasteiger partial charge in [-0.2, -0.15) is 0 Å². The molecule has 1 aliphatic carbocycles. The molecule has 0 saturated heterocycles. The van der Waals surface area contributed by atoms with E-state index in [1.165, 1.54) is 24.8 Å². The summed E-state index contributed by atoms with van der Waals surface area (Å²) in [5.41, 5.74) is 8.79. The van der Waals surface area contributed by atoms with Crippen molar-refractivity contribution in [2.75, 3.05) is 13.2 Å². The molecule has 19 heavy (non-hydrogen) atoms. The fourth-order valence-corrected chi connectivity index (χ4v) is 3.69. The van der Waals surface area contributed by atoms with E-state index in [4.69, 9.17) is 15.2 Å². The average Bonchev–Trinajstić information content (AvgIpc) is 2.40. The highest BCUT2D eigenvalue weighted by atomic mass is 79.9. The number of halogens is 1. The monoisotopic (exact) mass is 325 g/mol. The lowest BCUT2D eigenvalue weighted by Crippen LogP contribution is -2.40. The van der Waals surface area contributed by atoms with E-state index < -0.39 is 0 Å². The molecule has 2 N–H and O–H groups in total. The predicted molar refractivity (Wildman–Crippen MR) is 78.8 cm³/mol. The van der Waals surface area contributed by atoms with Crippen LogP contribution in [0, 0.1) is 6.92 Å². The Morgan fingerprint density at radius 1 is 1.16 bits per heavy atom. The third-order valence-electron chi connectivity index (χ3n) is 4.27. The van der Waals surface area contributed by atoms with E-state index in [1.807, 2.05) is 6.07 Å². The minimum atomic E-state index is -0.267. The van der Waals surface area contributed by atoms with E-state index in [0.29, 0.717) is 13.2 Å². The summed E-state index contributed by atoms with van der Waals surface area (Å²) in [5.74, 6) is 1.70. The summed E-state index contributed by atoms with van der Waals surface area (Å²) in [5, 5.41) is 0. The molecule has 0 spiro atoms. The van der Waals surface area contributed by atoms with Crippen LogP contribution in [0.15, 0.2) is 10.5 Å². The van der Waals surface area contributed by atoms with Crippen LogP contribution in [-0.2, 0) is 5.54 Å². The van der Waals surface area contributed by atoms with Crippen molar-refractivity contribution in [3.8, 4) is 11.5 Å². The number of hydrogen-bond donors (Lipinski definition) is 1. The molecule has 0 amide bonds. The Morgan fingerprint density at radius 3 is 2.58 bits per heavy atom. The minimum absolute atomic E-state index is 0.267. The van der Waals surface area contributed by atoms with Gasteiger partial charge in [0.05, 0.1) is 0 Å². The number of rotatable bonds is 1. The third kappa shape index (κ3) is 2.25. The molecule has 0 bridgehead atoms. The van der Waals surface area contributed by atoms with Crippen molar-refractivity contribution >= 4 is 15.9 Å². The van der Waals surface area contributed by atoms with Gasteiger partial charge in [-0.15, -0.1) is 0 Å². The lowest BCUT2D eigenvalue weighted by molar-refractivity contribution is 0.163. The zero-order valence-corrected chi connectivity index (χ0v) is 12.9. The summed E-state index contributed by atoms with van der Waals surface area (Å²) in [7, 11) is 0. The number of fused-ring (bicyclic) bond motifs is 1. The molecule has 1 aromatic carbocycles. The molecule has 3 nitrogen and oxygen atoms in total. The topological polar surface area (TPSA) is 44.5 Å². The molecule has 1 fully saturated rings. The maximum absolute atomic E-state index is 6.72. The van der Waals surface area contributed by atoms with Crippen LogP contribution in [0.3, 0.4) is 0 Å². The molecule has 1 saturated carbocycles. The second-order valence-corrected chi connectivity index (χ2v) is 6.45. The number of nitrogens with two attached hydrogens (primary N) is 1. The molecule has 0 unspecified atom stereocenters. The van der Waals surface area contributed by atoms with Gasteiger partial charge in [0.15, 0.2) is 11.5 Å². The molecule has 1 aliphatic heterocycles. The highest BCUT2D eigenvalue weighted by molar-refractivity contribution is 9.10. The Morgan fingerprint density at radius 2 is 1.84 bits per heavy atom. The van der Waals surface area contributed by atoms with Gasteiger partial charge >= 0.3 is 0 Å². The number of hydrogen-bond acceptors (Lipinski definition) is 3. The van der Waals surface area contributed by atoms with E-state index in [2.05, 4.69) is 22.9 Å². The van der Waals surface area contributed by atoms with Crippen molar-refractivity contribution < 1.29 is 9.47 Å². The minimum Gasteiger partial charge on any atom is -0.486 e. The number of ether oxygens (including phenoxy) is 2. The highest BCUT2D eigenvalue weighted by Crippen LogP contribution is 2.48. The third-order valence-corrected chi connectivity index (χ3v) is 5.10. The van der Waals surface area contributed by atoms with Crippen LogP contribution in [0.25, 0.3) is 0 Å². The van der Waals surface area contributed by atoms with Crippen molar-refractivity contribution in [3.05, 3.63) is 21.7 Å². The standard InChI is InChI=1S/C15H20BrNO2/c1-10-11(16)9-12-14(19-8-7-18-12)13(10)15(17)5-3-2-4-6-15/h9H,2-8,17H2,1H3. The average molecular weight is 326 g/mol. The molecule has 3 rings (SSSR count). The van der Waals surface area contributed by atoms with Gasteiger partial charge in [-0.1, -0.05) is 35.2 Å². The second-order valence-electron chi connectivity index (χ2n) is 5.60. The Hall–Kier alpha value is -0.740. The van der Waals surface area contributed by atoms with Gasteiger partial charge < -0.3 is 15.2 Å². The van der Waals surface area contributed by atoms with Gasteiger partial charge in [-0.05, 0) is 31.4 Å². The van der Waals surface area contributed by atoms with Gasteiger partial charge in [0.1, 0.15) is 13.2 Å². The highest BCUT2D eigenvalue weighted by Gasteiger charge is 2.36. The smallest absolute Gasteiger partial charge is 0.166 e. The van der Waals surface area contributed by atoms with Crippen LogP contribution in [0.4, 0.5) is 0 Å². The maximum atomic E-state index is 6.72. The Kier molecular flexibility index (Phi) is 3.48. The number of benzene rings is 1. The zero-order chi connectivity index (χ0) is 13.5. The first kappa shape index (κ1) is 13.3. The van der Waals surface area contributed by atoms with Gasteiger partial charge in [0.25, 0.3) is 0 Å². The molecular formula is C15H20BrNO2. The van der Waals surface area contributed by atoms with E-state index in [-0.39, 0.29) is 5.54 Å². The zero-order valence-electron chi connectivity index (χ0n) is 11.3. The first-order valence-corrected chi connectivity index (χ1v) is 7.79. The quantitative estimate of drug-likeness (QED) is 0.857. The van der Waals surface area contributed by atoms with Crippen LogP contribution in [0.5, 0.6) is 11.5 Å². The first-order chi connectivity index (χ1) is 9.12. The normalized spacial score (nSPS) is 21.2. The van der Waals surface area contributed by atoms with Crippen molar-refractivity contribution in [3.63, 3.8) is 0 Å². The summed E-state index contributed by atoms with van der Waals surface area (Å²) in [4.78, 5) is 0. The second kappa shape index (κ2) is 4.98. The SMILES string of the molecule is Cc1c(Br)cc2c(c1C1(N)CCCCC1)OCCO2. The summed E-state index contributed by atoms with van der Waals surface area (Å²) >= 11 is 3.62. The van der Waals surface area contributed by atoms with Crippen LogP contribution in [0.1, 0.15) is 43.2 Å². The fourth-order valence-electron chi connectivity index (χ4n) is 3.28. The van der Waals surface area contributed by atoms with Crippen molar-refractivity contribution in [2.24, 2.45) is 5.73 Å². The first-order valence-electron chi connectivity index (χ1n) is 7.00. The Balaban J connectivity index is 2.15. The molecule has 0 aromatic heterocycles. The molecular weight excluding hydrogens is 306 g/mol. The molecule has 104 valence electrons. The lowest BCUT2D eigenvalue weighted by Gasteiger charge is -2.37. The van der Waals surface area contributed by atoms with Crippen LogP contribution in [-0.4, -0.2) is 13.2 Å². The van der Waals surface area contributed by atoms with Crippen LogP contribution in [0.2, 0.25) is 0 Å². The molecule has 1 heterocycles.